The van der Waals surface area contributed by atoms with E-state index in [1.54, 1.807) is 23.5 Å². The highest BCUT2D eigenvalue weighted by Crippen LogP contribution is 2.32. The van der Waals surface area contributed by atoms with E-state index in [1.807, 2.05) is 12.4 Å². The molecule has 0 saturated heterocycles. The molecule has 2 heterocycles. The number of carbonyl (C=O) groups is 1. The van der Waals surface area contributed by atoms with Crippen LogP contribution >= 0.6 is 11.3 Å². The van der Waals surface area contributed by atoms with Gasteiger partial charge >= 0.3 is 5.97 Å². The number of aliphatic hydroxyl groups is 1. The first kappa shape index (κ1) is 20.9. The van der Waals surface area contributed by atoms with Crippen molar-refractivity contribution < 1.29 is 14.6 Å². The Kier molecular flexibility index (Phi) is 5.57. The smallest absolute Gasteiger partial charge is 0.337 e. The Bertz CT molecular complexity index is 1280. The Morgan fingerprint density at radius 2 is 2.06 bits per heavy atom. The maximum Gasteiger partial charge on any atom is 0.337 e. The molecule has 2 aromatic carbocycles. The number of esters is 1. The van der Waals surface area contributed by atoms with Crippen LogP contribution in [-0.4, -0.2) is 44.9 Å². The van der Waals surface area contributed by atoms with Gasteiger partial charge in [-0.05, 0) is 55.7 Å². The second kappa shape index (κ2) is 8.52. The van der Waals surface area contributed by atoms with E-state index in [9.17, 15) is 9.90 Å². The lowest BCUT2D eigenvalue weighted by Gasteiger charge is -2.27. The number of aliphatic hydroxyl groups excluding tert-OH is 1. The Morgan fingerprint density at radius 3 is 2.88 bits per heavy atom. The molecule has 1 fully saturated rings. The van der Waals surface area contributed by atoms with Gasteiger partial charge in [0.2, 0.25) is 0 Å². The van der Waals surface area contributed by atoms with Gasteiger partial charge in [0, 0.05) is 0 Å². The summed E-state index contributed by atoms with van der Waals surface area (Å²) in [5.74, 6) is -0.365. The highest BCUT2D eigenvalue weighted by molar-refractivity contribution is 7.22. The van der Waals surface area contributed by atoms with Crippen LogP contribution in [0.1, 0.15) is 54.6 Å². The Hall–Kier alpha value is -2.97. The van der Waals surface area contributed by atoms with Crippen molar-refractivity contribution in [1.82, 2.24) is 14.5 Å². The molecular formula is C24H26N4O3S. The van der Waals surface area contributed by atoms with Gasteiger partial charge in [-0.3, -0.25) is 0 Å². The monoisotopic (exact) mass is 450 g/mol. The molecule has 5 rings (SSSR count). The molecule has 4 aromatic rings. The van der Waals surface area contributed by atoms with E-state index < -0.39 is 0 Å². The zero-order valence-corrected chi connectivity index (χ0v) is 18.9. The third-order valence-electron chi connectivity index (χ3n) is 6.35. The molecule has 0 radical (unpaired) electrons. The number of imidazole rings is 1. The number of methoxy groups -OCH3 is 1. The molecule has 32 heavy (non-hydrogen) atoms. The van der Waals surface area contributed by atoms with E-state index in [0.29, 0.717) is 5.56 Å². The van der Waals surface area contributed by atoms with E-state index in [4.69, 9.17) is 9.72 Å². The van der Waals surface area contributed by atoms with Crippen LogP contribution in [-0.2, 0) is 4.74 Å². The van der Waals surface area contributed by atoms with Gasteiger partial charge in [0.15, 0.2) is 5.13 Å². The maximum atomic E-state index is 11.8. The third kappa shape index (κ3) is 3.84. The lowest BCUT2D eigenvalue weighted by Crippen LogP contribution is -2.36. The summed E-state index contributed by atoms with van der Waals surface area (Å²) in [7, 11) is 1.38. The summed E-state index contributed by atoms with van der Waals surface area (Å²) in [6.07, 6.45) is 5.56. The van der Waals surface area contributed by atoms with Crippen LogP contribution < -0.4 is 5.32 Å². The van der Waals surface area contributed by atoms with Gasteiger partial charge in [-0.2, -0.15) is 0 Å². The summed E-state index contributed by atoms with van der Waals surface area (Å²) < 4.78 is 8.03. The molecule has 1 saturated carbocycles. The summed E-state index contributed by atoms with van der Waals surface area (Å²) in [6.45, 7) is 2.13. The first-order valence-electron chi connectivity index (χ1n) is 10.9. The largest absolute Gasteiger partial charge is 0.465 e. The van der Waals surface area contributed by atoms with Crippen LogP contribution in [0.15, 0.2) is 42.7 Å². The fourth-order valence-electron chi connectivity index (χ4n) is 4.45. The molecule has 8 heteroatoms. The van der Waals surface area contributed by atoms with Crippen LogP contribution in [0.25, 0.3) is 21.3 Å². The quantitative estimate of drug-likeness (QED) is 0.426. The number of benzene rings is 2. The number of ether oxygens (including phenoxy) is 1. The molecule has 0 spiro atoms. The van der Waals surface area contributed by atoms with Gasteiger partial charge in [0.1, 0.15) is 0 Å². The first-order chi connectivity index (χ1) is 15.5. The van der Waals surface area contributed by atoms with E-state index in [-0.39, 0.29) is 24.2 Å². The van der Waals surface area contributed by atoms with E-state index in [1.165, 1.54) is 7.11 Å². The maximum absolute atomic E-state index is 11.8. The average molecular weight is 451 g/mol. The van der Waals surface area contributed by atoms with Crippen LogP contribution in [0.4, 0.5) is 5.13 Å². The Morgan fingerprint density at radius 1 is 1.22 bits per heavy atom. The summed E-state index contributed by atoms with van der Waals surface area (Å²) in [5, 5.41) is 14.6. The zero-order chi connectivity index (χ0) is 22.2. The second-order valence-corrected chi connectivity index (χ2v) is 9.40. The predicted molar refractivity (Wildman–Crippen MR) is 126 cm³/mol. The van der Waals surface area contributed by atoms with Gasteiger partial charge < -0.3 is 19.7 Å². The van der Waals surface area contributed by atoms with Crippen molar-refractivity contribution in [2.45, 2.75) is 50.8 Å². The molecule has 1 unspecified atom stereocenters. The van der Waals surface area contributed by atoms with Gasteiger partial charge in [-0.15, -0.1) is 0 Å². The minimum Gasteiger partial charge on any atom is -0.465 e. The average Bonchev–Trinajstić information content (AvgIpc) is 3.42. The molecular weight excluding hydrogens is 424 g/mol. The topological polar surface area (TPSA) is 89.3 Å². The van der Waals surface area contributed by atoms with Crippen LogP contribution in [0.2, 0.25) is 0 Å². The van der Waals surface area contributed by atoms with Gasteiger partial charge in [0.25, 0.3) is 0 Å². The van der Waals surface area contributed by atoms with Gasteiger partial charge in [-0.1, -0.05) is 30.2 Å². The number of rotatable bonds is 5. The summed E-state index contributed by atoms with van der Waals surface area (Å²) in [5.41, 5.74) is 4.32. The highest BCUT2D eigenvalue weighted by atomic mass is 32.1. The summed E-state index contributed by atoms with van der Waals surface area (Å²) in [6, 6.07) is 11.9. The van der Waals surface area contributed by atoms with Crippen LogP contribution in [0, 0.1) is 0 Å². The molecule has 1 aliphatic carbocycles. The number of aromatic nitrogens is 3. The Balaban J connectivity index is 1.41. The Labute approximate surface area is 190 Å². The fourth-order valence-corrected chi connectivity index (χ4v) is 5.42. The van der Waals surface area contributed by atoms with Crippen molar-refractivity contribution in [2.75, 3.05) is 12.4 Å². The lowest BCUT2D eigenvalue weighted by atomic mass is 9.93. The zero-order valence-electron chi connectivity index (χ0n) is 18.1. The number of nitrogens with zero attached hydrogens (tertiary/aromatic N) is 3. The van der Waals surface area contributed by atoms with Crippen molar-refractivity contribution in [3.63, 3.8) is 0 Å². The molecule has 3 atom stereocenters. The van der Waals surface area contributed by atoms with Gasteiger partial charge in [-0.25, -0.2) is 14.8 Å². The molecule has 2 aromatic heterocycles. The van der Waals surface area contributed by atoms with Crippen molar-refractivity contribution >= 4 is 43.7 Å². The van der Waals surface area contributed by atoms with E-state index in [2.05, 4.69) is 40.0 Å². The number of anilines is 1. The van der Waals surface area contributed by atoms with Crippen molar-refractivity contribution in [1.29, 1.82) is 0 Å². The lowest BCUT2D eigenvalue weighted by molar-refractivity contribution is 0.0601. The van der Waals surface area contributed by atoms with E-state index >= 15 is 0 Å². The predicted octanol–water partition coefficient (Wildman–Crippen LogP) is 4.76. The molecule has 166 valence electrons. The molecule has 0 aliphatic heterocycles. The molecule has 2 N–H and O–H groups in total. The molecule has 1 aliphatic rings. The normalized spacial score (nSPS) is 19.8. The molecule has 0 bridgehead atoms. The SMILES string of the molecule is COC(=O)c1ccc2c(c1)ncn2C(C)c1ccc2nc(N[C@@H]3CCCC[C@H]3O)sc2c1. The van der Waals surface area contributed by atoms with E-state index in [0.717, 1.165) is 57.6 Å². The number of thiazole rings is 1. The number of fused-ring (bicyclic) bond motifs is 2. The minimum atomic E-state index is -0.365. The molecule has 0 amide bonds. The van der Waals surface area contributed by atoms with Crippen molar-refractivity contribution in [3.8, 4) is 0 Å². The highest BCUT2D eigenvalue weighted by Gasteiger charge is 2.24. The molecule has 7 nitrogen and oxygen atoms in total. The standard InChI is InChI=1S/C24H26N4O3S/c1-14(28-13-25-19-11-16(23(30)31-2)8-10-20(19)28)15-7-9-18-22(12-15)32-24(27-18)26-17-5-3-4-6-21(17)29/h7-14,17,21,29H,3-6H2,1-2H3,(H,26,27)/t14?,17-,21-/m1/s1. The fraction of sp³-hybridized carbons (Fsp3) is 0.375. The van der Waals surface area contributed by atoms with Crippen LogP contribution in [0.5, 0.6) is 0 Å². The first-order valence-corrected chi connectivity index (χ1v) is 11.7. The van der Waals surface area contributed by atoms with Gasteiger partial charge in [0.05, 0.1) is 58.4 Å². The second-order valence-electron chi connectivity index (χ2n) is 8.37. The van der Waals surface area contributed by atoms with Crippen molar-refractivity contribution in [3.05, 3.63) is 53.9 Å². The van der Waals surface area contributed by atoms with Crippen LogP contribution in [0.3, 0.4) is 0 Å². The number of hydrogen-bond acceptors (Lipinski definition) is 7. The number of carbonyl (C=O) groups excluding carboxylic acids is 1. The summed E-state index contributed by atoms with van der Waals surface area (Å²) >= 11 is 1.62. The number of nitrogens with one attached hydrogen (secondary N) is 1. The number of hydrogen-bond donors (Lipinski definition) is 2. The summed E-state index contributed by atoms with van der Waals surface area (Å²) in [4.78, 5) is 21.0. The minimum absolute atomic E-state index is 0.0621. The van der Waals surface area contributed by atoms with Crippen molar-refractivity contribution in [2.24, 2.45) is 0 Å². The third-order valence-corrected chi connectivity index (χ3v) is 7.30.